The van der Waals surface area contributed by atoms with Crippen molar-refractivity contribution >= 4 is 22.0 Å². The van der Waals surface area contributed by atoms with Gasteiger partial charge in [-0.3, -0.25) is 4.79 Å². The van der Waals surface area contributed by atoms with Crippen LogP contribution in [0.5, 0.6) is 5.75 Å². The molecule has 10 heteroatoms. The third-order valence-corrected chi connectivity index (χ3v) is 7.71. The monoisotopic (exact) mass is 466 g/mol. The van der Waals surface area contributed by atoms with Crippen LogP contribution in [0, 0.1) is 0 Å². The molecule has 0 unspecified atom stereocenters. The number of methoxy groups -OCH3 is 1. The first kappa shape index (κ1) is 24.3. The Morgan fingerprint density at radius 3 is 2.09 bits per heavy atom. The van der Waals surface area contributed by atoms with E-state index in [-0.39, 0.29) is 28.9 Å². The van der Waals surface area contributed by atoms with Crippen molar-refractivity contribution in [3.05, 3.63) is 24.3 Å². The molecule has 1 atom stereocenters. The zero-order valence-corrected chi connectivity index (χ0v) is 19.6. The zero-order chi connectivity index (χ0) is 23.1. The molecule has 1 aromatic carbocycles. The lowest BCUT2D eigenvalue weighted by Crippen LogP contribution is -2.53. The van der Waals surface area contributed by atoms with Gasteiger partial charge in [-0.15, -0.1) is 0 Å². The Bertz CT molecular complexity index is 876. The summed E-state index contributed by atoms with van der Waals surface area (Å²) in [5.74, 6) is 0.282. The van der Waals surface area contributed by atoms with E-state index < -0.39 is 16.1 Å². The number of amides is 3. The van der Waals surface area contributed by atoms with Crippen molar-refractivity contribution in [3.8, 4) is 5.75 Å². The number of rotatable bonds is 7. The highest BCUT2D eigenvalue weighted by Gasteiger charge is 2.29. The first-order valence-corrected chi connectivity index (χ1v) is 12.8. The molecule has 2 aliphatic rings. The normalized spacial score (nSPS) is 19.2. The second-order valence-corrected chi connectivity index (χ2v) is 10.3. The van der Waals surface area contributed by atoms with Gasteiger partial charge in [-0.2, -0.15) is 4.72 Å². The van der Waals surface area contributed by atoms with E-state index in [4.69, 9.17) is 4.74 Å². The van der Waals surface area contributed by atoms with Crippen LogP contribution >= 0.6 is 0 Å². The SMILES string of the molecule is COc1ccc(S(=O)(=O)N[C@@H](C)C(=O)N2CCC(NC(=O)NC3CCCCC3)CC2)cc1. The van der Waals surface area contributed by atoms with E-state index in [0.717, 1.165) is 25.7 Å². The molecule has 1 saturated carbocycles. The molecule has 0 spiro atoms. The number of nitrogens with one attached hydrogen (secondary N) is 3. The highest BCUT2D eigenvalue weighted by atomic mass is 32.2. The van der Waals surface area contributed by atoms with Gasteiger partial charge in [0, 0.05) is 25.2 Å². The minimum atomic E-state index is -3.83. The molecule has 0 radical (unpaired) electrons. The van der Waals surface area contributed by atoms with E-state index in [0.29, 0.717) is 31.7 Å². The molecule has 2 fully saturated rings. The molecule has 9 nitrogen and oxygen atoms in total. The Hall–Kier alpha value is -2.33. The third kappa shape index (κ3) is 6.59. The number of ether oxygens (including phenoxy) is 1. The highest BCUT2D eigenvalue weighted by Crippen LogP contribution is 2.18. The summed E-state index contributed by atoms with van der Waals surface area (Å²) in [6.45, 7) is 2.50. The van der Waals surface area contributed by atoms with Crippen LogP contribution in [0.4, 0.5) is 4.79 Å². The van der Waals surface area contributed by atoms with E-state index in [2.05, 4.69) is 15.4 Å². The molecular weight excluding hydrogens is 432 g/mol. The summed E-state index contributed by atoms with van der Waals surface area (Å²) in [6, 6.07) is 5.23. The summed E-state index contributed by atoms with van der Waals surface area (Å²) < 4.78 is 32.7. The van der Waals surface area contributed by atoms with Gasteiger partial charge in [0.05, 0.1) is 18.0 Å². The van der Waals surface area contributed by atoms with Crippen molar-refractivity contribution in [2.24, 2.45) is 0 Å². The van der Waals surface area contributed by atoms with Gasteiger partial charge >= 0.3 is 6.03 Å². The second kappa shape index (κ2) is 11.0. The van der Waals surface area contributed by atoms with E-state index in [1.807, 2.05) is 0 Å². The summed E-state index contributed by atoms with van der Waals surface area (Å²) in [4.78, 5) is 26.8. The summed E-state index contributed by atoms with van der Waals surface area (Å²) in [7, 11) is -2.32. The van der Waals surface area contributed by atoms with Crippen LogP contribution in [0.2, 0.25) is 0 Å². The number of nitrogens with zero attached hydrogens (tertiary/aromatic N) is 1. The largest absolute Gasteiger partial charge is 0.497 e. The molecule has 3 amide bonds. The van der Waals surface area contributed by atoms with Gasteiger partial charge in [-0.25, -0.2) is 13.2 Å². The van der Waals surface area contributed by atoms with Gasteiger partial charge in [0.2, 0.25) is 15.9 Å². The Labute approximate surface area is 190 Å². The fraction of sp³-hybridized carbons (Fsp3) is 0.636. The maximum Gasteiger partial charge on any atom is 0.315 e. The second-order valence-electron chi connectivity index (χ2n) is 8.57. The van der Waals surface area contributed by atoms with Gasteiger partial charge in [0.1, 0.15) is 5.75 Å². The molecule has 1 aliphatic carbocycles. The maximum absolute atomic E-state index is 12.8. The number of likely N-dealkylation sites (tertiary alicyclic amines) is 1. The Morgan fingerprint density at radius 1 is 0.969 bits per heavy atom. The Kier molecular flexibility index (Phi) is 8.36. The average Bonchev–Trinajstić information content (AvgIpc) is 2.79. The quantitative estimate of drug-likeness (QED) is 0.568. The number of urea groups is 1. The van der Waals surface area contributed by atoms with E-state index >= 15 is 0 Å². The number of sulfonamides is 1. The molecule has 1 saturated heterocycles. The van der Waals surface area contributed by atoms with E-state index in [1.54, 1.807) is 24.0 Å². The van der Waals surface area contributed by atoms with Crippen LogP contribution in [0.15, 0.2) is 29.2 Å². The lowest BCUT2D eigenvalue weighted by Gasteiger charge is -2.34. The predicted octanol–water partition coefficient (Wildman–Crippen LogP) is 1.98. The van der Waals surface area contributed by atoms with Gasteiger partial charge in [-0.05, 0) is 56.9 Å². The van der Waals surface area contributed by atoms with Crippen molar-refractivity contribution in [2.75, 3.05) is 20.2 Å². The first-order valence-electron chi connectivity index (χ1n) is 11.3. The molecule has 3 N–H and O–H groups in total. The lowest BCUT2D eigenvalue weighted by atomic mass is 9.96. The standard InChI is InChI=1S/C22H34N4O5S/c1-16(25-32(29,30)20-10-8-19(31-2)9-11-20)21(27)26-14-12-18(13-15-26)24-22(28)23-17-6-4-3-5-7-17/h8-11,16-18,25H,3-7,12-15H2,1-2H3,(H2,23,24,28)/t16-/m0/s1. The first-order chi connectivity index (χ1) is 15.3. The molecule has 0 aromatic heterocycles. The summed E-state index contributed by atoms with van der Waals surface area (Å²) in [5, 5.41) is 6.07. The minimum Gasteiger partial charge on any atom is -0.497 e. The third-order valence-electron chi connectivity index (χ3n) is 6.15. The van der Waals surface area contributed by atoms with Crippen molar-refractivity contribution in [1.29, 1.82) is 0 Å². The summed E-state index contributed by atoms with van der Waals surface area (Å²) >= 11 is 0. The number of hydrogen-bond acceptors (Lipinski definition) is 5. The van der Waals surface area contributed by atoms with Gasteiger partial charge in [-0.1, -0.05) is 19.3 Å². The molecule has 1 aliphatic heterocycles. The van der Waals surface area contributed by atoms with Crippen molar-refractivity contribution in [3.63, 3.8) is 0 Å². The number of carbonyl (C=O) groups is 2. The lowest BCUT2D eigenvalue weighted by molar-refractivity contribution is -0.133. The van der Waals surface area contributed by atoms with Crippen molar-refractivity contribution in [2.45, 2.75) is 74.9 Å². The smallest absolute Gasteiger partial charge is 0.315 e. The summed E-state index contributed by atoms with van der Waals surface area (Å²) in [5.41, 5.74) is 0. The highest BCUT2D eigenvalue weighted by molar-refractivity contribution is 7.89. The van der Waals surface area contributed by atoms with Gasteiger partial charge in [0.25, 0.3) is 0 Å². The summed E-state index contributed by atoms with van der Waals surface area (Å²) in [6.07, 6.45) is 6.90. The average molecular weight is 467 g/mol. The van der Waals surface area contributed by atoms with Crippen LogP contribution in [-0.4, -0.2) is 63.6 Å². The predicted molar refractivity (Wildman–Crippen MR) is 121 cm³/mol. The molecule has 1 heterocycles. The number of piperidine rings is 1. The molecule has 0 bridgehead atoms. The number of benzene rings is 1. The van der Waals surface area contributed by atoms with Crippen LogP contribution < -0.4 is 20.1 Å². The Morgan fingerprint density at radius 2 is 1.53 bits per heavy atom. The zero-order valence-electron chi connectivity index (χ0n) is 18.8. The van der Waals surface area contributed by atoms with Crippen LogP contribution in [-0.2, 0) is 14.8 Å². The van der Waals surface area contributed by atoms with Crippen LogP contribution in [0.3, 0.4) is 0 Å². The molecule has 3 rings (SSSR count). The molecule has 32 heavy (non-hydrogen) atoms. The number of hydrogen-bond donors (Lipinski definition) is 3. The maximum atomic E-state index is 12.8. The van der Waals surface area contributed by atoms with Crippen LogP contribution in [0.1, 0.15) is 51.9 Å². The van der Waals surface area contributed by atoms with E-state index in [9.17, 15) is 18.0 Å². The van der Waals surface area contributed by atoms with E-state index in [1.165, 1.54) is 25.7 Å². The van der Waals surface area contributed by atoms with Crippen molar-refractivity contribution in [1.82, 2.24) is 20.3 Å². The van der Waals surface area contributed by atoms with Gasteiger partial charge in [0.15, 0.2) is 0 Å². The molecule has 1 aromatic rings. The number of carbonyl (C=O) groups excluding carboxylic acids is 2. The van der Waals surface area contributed by atoms with Crippen molar-refractivity contribution < 1.29 is 22.7 Å². The fourth-order valence-electron chi connectivity index (χ4n) is 4.28. The topological polar surface area (TPSA) is 117 Å². The van der Waals surface area contributed by atoms with Gasteiger partial charge < -0.3 is 20.3 Å². The fourth-order valence-corrected chi connectivity index (χ4v) is 5.48. The Balaban J connectivity index is 1.45. The minimum absolute atomic E-state index is 0.00828. The molecular formula is C22H34N4O5S. The van der Waals surface area contributed by atoms with Crippen LogP contribution in [0.25, 0.3) is 0 Å². The molecule has 178 valence electrons.